The lowest BCUT2D eigenvalue weighted by Crippen LogP contribution is -2.40. The summed E-state index contributed by atoms with van der Waals surface area (Å²) in [5.41, 5.74) is 1.51. The van der Waals surface area contributed by atoms with Crippen molar-refractivity contribution in [2.24, 2.45) is 0 Å². The molecule has 1 aliphatic rings. The number of nitrogens with zero attached hydrogens (tertiary/aromatic N) is 1. The molecular formula is C17H16FNO3. The number of amides is 1. The van der Waals surface area contributed by atoms with E-state index >= 15 is 0 Å². The Morgan fingerprint density at radius 2 is 2.18 bits per heavy atom. The summed E-state index contributed by atoms with van der Waals surface area (Å²) in [6.45, 7) is 2.62. The molecule has 0 fully saturated rings. The number of halogens is 1. The van der Waals surface area contributed by atoms with Gasteiger partial charge in [0.05, 0.1) is 12.2 Å². The molecule has 0 bridgehead atoms. The molecule has 22 heavy (non-hydrogen) atoms. The van der Waals surface area contributed by atoms with Crippen molar-refractivity contribution in [1.82, 2.24) is 0 Å². The maximum absolute atomic E-state index is 13.4. The lowest BCUT2D eigenvalue weighted by atomic mass is 10.2. The summed E-state index contributed by atoms with van der Waals surface area (Å²) in [7, 11) is 0. The molecule has 1 aliphatic heterocycles. The van der Waals surface area contributed by atoms with E-state index in [1.807, 2.05) is 25.1 Å². The van der Waals surface area contributed by atoms with Crippen LogP contribution in [-0.2, 0) is 4.79 Å². The molecule has 0 aromatic heterocycles. The van der Waals surface area contributed by atoms with Gasteiger partial charge in [-0.2, -0.15) is 0 Å². The second-order valence-electron chi connectivity index (χ2n) is 5.11. The highest BCUT2D eigenvalue weighted by Gasteiger charge is 2.24. The van der Waals surface area contributed by atoms with Gasteiger partial charge in [-0.1, -0.05) is 12.1 Å². The third-order valence-corrected chi connectivity index (χ3v) is 3.44. The fourth-order valence-corrected chi connectivity index (χ4v) is 2.38. The summed E-state index contributed by atoms with van der Waals surface area (Å²) in [6, 6.07) is 11.6. The molecule has 0 radical (unpaired) electrons. The van der Waals surface area contributed by atoms with Crippen LogP contribution in [0.4, 0.5) is 10.1 Å². The molecule has 4 nitrogen and oxygen atoms in total. The van der Waals surface area contributed by atoms with Crippen molar-refractivity contribution < 1.29 is 18.7 Å². The van der Waals surface area contributed by atoms with Crippen LogP contribution in [0.2, 0.25) is 0 Å². The van der Waals surface area contributed by atoms with Gasteiger partial charge in [-0.15, -0.1) is 0 Å². The van der Waals surface area contributed by atoms with E-state index in [1.165, 1.54) is 23.1 Å². The zero-order valence-corrected chi connectivity index (χ0v) is 12.2. The molecule has 1 amide bonds. The molecule has 3 rings (SSSR count). The normalized spacial score (nSPS) is 13.3. The number of hydrogen-bond acceptors (Lipinski definition) is 3. The molecular weight excluding hydrogens is 285 g/mol. The molecule has 0 N–H and O–H groups in total. The molecule has 5 heteroatoms. The predicted molar refractivity (Wildman–Crippen MR) is 80.9 cm³/mol. The van der Waals surface area contributed by atoms with Gasteiger partial charge in [0, 0.05) is 6.07 Å². The Labute approximate surface area is 128 Å². The molecule has 0 saturated heterocycles. The van der Waals surface area contributed by atoms with Gasteiger partial charge in [0.2, 0.25) is 0 Å². The van der Waals surface area contributed by atoms with E-state index in [2.05, 4.69) is 0 Å². The number of hydrogen-bond donors (Lipinski definition) is 0. The minimum Gasteiger partial charge on any atom is -0.490 e. The van der Waals surface area contributed by atoms with Gasteiger partial charge in [0.1, 0.15) is 23.9 Å². The number of carbonyl (C=O) groups excluding carboxylic acids is 1. The lowest BCUT2D eigenvalue weighted by Gasteiger charge is -2.29. The first-order valence-corrected chi connectivity index (χ1v) is 7.06. The molecule has 0 aliphatic carbocycles. The van der Waals surface area contributed by atoms with Crippen LogP contribution in [0.3, 0.4) is 0 Å². The predicted octanol–water partition coefficient (Wildman–Crippen LogP) is 2.94. The lowest BCUT2D eigenvalue weighted by molar-refractivity contribution is -0.120. The van der Waals surface area contributed by atoms with Gasteiger partial charge in [-0.05, 0) is 36.8 Å². The van der Waals surface area contributed by atoms with Crippen LogP contribution < -0.4 is 14.4 Å². The van der Waals surface area contributed by atoms with Gasteiger partial charge >= 0.3 is 0 Å². The zero-order valence-electron chi connectivity index (χ0n) is 12.2. The third kappa shape index (κ3) is 3.03. The Hall–Kier alpha value is -2.56. The molecule has 2 aromatic carbocycles. The molecule has 0 unspecified atom stereocenters. The van der Waals surface area contributed by atoms with Crippen LogP contribution in [0.5, 0.6) is 11.5 Å². The number of carbonyl (C=O) groups is 1. The molecule has 114 valence electrons. The Kier molecular flexibility index (Phi) is 3.96. The van der Waals surface area contributed by atoms with E-state index in [-0.39, 0.29) is 12.5 Å². The van der Waals surface area contributed by atoms with Crippen LogP contribution in [-0.4, -0.2) is 25.7 Å². The summed E-state index contributed by atoms with van der Waals surface area (Å²) in [6.07, 6.45) is 0. The van der Waals surface area contributed by atoms with Crippen molar-refractivity contribution in [3.8, 4) is 11.5 Å². The van der Waals surface area contributed by atoms with E-state index in [1.54, 1.807) is 6.07 Å². The SMILES string of the molecule is Cc1cccc(OCC(=O)N2CCOc3ccc(F)cc32)c1. The summed E-state index contributed by atoms with van der Waals surface area (Å²) < 4.78 is 24.4. The summed E-state index contributed by atoms with van der Waals surface area (Å²) >= 11 is 0. The van der Waals surface area contributed by atoms with Crippen LogP contribution in [0.1, 0.15) is 5.56 Å². The second kappa shape index (κ2) is 6.05. The number of anilines is 1. The Morgan fingerprint density at radius 1 is 1.32 bits per heavy atom. The van der Waals surface area contributed by atoms with Gasteiger partial charge < -0.3 is 14.4 Å². The topological polar surface area (TPSA) is 38.8 Å². The Balaban J connectivity index is 1.72. The fraction of sp³-hybridized carbons (Fsp3) is 0.235. The van der Waals surface area contributed by atoms with Crippen molar-refractivity contribution in [2.45, 2.75) is 6.92 Å². The van der Waals surface area contributed by atoms with E-state index in [0.29, 0.717) is 30.3 Å². The largest absolute Gasteiger partial charge is 0.490 e. The number of aryl methyl sites for hydroxylation is 1. The monoisotopic (exact) mass is 301 g/mol. The van der Waals surface area contributed by atoms with Crippen LogP contribution in [0.25, 0.3) is 0 Å². The summed E-state index contributed by atoms with van der Waals surface area (Å²) in [5, 5.41) is 0. The number of fused-ring (bicyclic) bond motifs is 1. The first-order chi connectivity index (χ1) is 10.6. The van der Waals surface area contributed by atoms with Crippen molar-refractivity contribution in [3.63, 3.8) is 0 Å². The minimum absolute atomic E-state index is 0.0978. The van der Waals surface area contributed by atoms with Crippen LogP contribution in [0.15, 0.2) is 42.5 Å². The molecule has 0 saturated carbocycles. The highest BCUT2D eigenvalue weighted by molar-refractivity contribution is 5.96. The highest BCUT2D eigenvalue weighted by Crippen LogP contribution is 2.32. The van der Waals surface area contributed by atoms with Gasteiger partial charge in [0.15, 0.2) is 6.61 Å². The average molecular weight is 301 g/mol. The quantitative estimate of drug-likeness (QED) is 0.875. The average Bonchev–Trinajstić information content (AvgIpc) is 2.52. The van der Waals surface area contributed by atoms with Gasteiger partial charge in [-0.3, -0.25) is 4.79 Å². The highest BCUT2D eigenvalue weighted by atomic mass is 19.1. The number of ether oxygens (including phenoxy) is 2. The smallest absolute Gasteiger partial charge is 0.265 e. The standard InChI is InChI=1S/C17H16FNO3/c1-12-3-2-4-14(9-12)22-11-17(20)19-7-8-21-16-6-5-13(18)10-15(16)19/h2-6,9-10H,7-8,11H2,1H3. The Morgan fingerprint density at radius 3 is 3.00 bits per heavy atom. The summed E-state index contributed by atoms with van der Waals surface area (Å²) in [4.78, 5) is 13.9. The minimum atomic E-state index is -0.401. The van der Waals surface area contributed by atoms with E-state index in [0.717, 1.165) is 5.56 Å². The van der Waals surface area contributed by atoms with Crippen LogP contribution >= 0.6 is 0 Å². The van der Waals surface area contributed by atoms with E-state index < -0.39 is 5.82 Å². The first kappa shape index (κ1) is 14.4. The number of benzene rings is 2. The first-order valence-electron chi connectivity index (χ1n) is 7.06. The number of rotatable bonds is 3. The molecule has 0 atom stereocenters. The summed E-state index contributed by atoms with van der Waals surface area (Å²) in [5.74, 6) is 0.524. The van der Waals surface area contributed by atoms with Crippen LogP contribution in [0, 0.1) is 12.7 Å². The fourth-order valence-electron chi connectivity index (χ4n) is 2.38. The second-order valence-corrected chi connectivity index (χ2v) is 5.11. The van der Waals surface area contributed by atoms with E-state index in [9.17, 15) is 9.18 Å². The van der Waals surface area contributed by atoms with E-state index in [4.69, 9.17) is 9.47 Å². The van der Waals surface area contributed by atoms with Crippen molar-refractivity contribution >= 4 is 11.6 Å². The maximum atomic E-state index is 13.4. The zero-order chi connectivity index (χ0) is 15.5. The maximum Gasteiger partial charge on any atom is 0.265 e. The van der Waals surface area contributed by atoms with Crippen molar-refractivity contribution in [2.75, 3.05) is 24.7 Å². The molecule has 0 spiro atoms. The van der Waals surface area contributed by atoms with Gasteiger partial charge in [-0.25, -0.2) is 4.39 Å². The third-order valence-electron chi connectivity index (χ3n) is 3.44. The Bertz CT molecular complexity index is 702. The molecule has 1 heterocycles. The van der Waals surface area contributed by atoms with Gasteiger partial charge in [0.25, 0.3) is 5.91 Å². The van der Waals surface area contributed by atoms with Crippen molar-refractivity contribution in [1.29, 1.82) is 0 Å². The molecule has 2 aromatic rings. The van der Waals surface area contributed by atoms with Crippen molar-refractivity contribution in [3.05, 3.63) is 53.8 Å².